The molecule has 2 amide bonds. The van der Waals surface area contributed by atoms with Crippen molar-refractivity contribution in [1.82, 2.24) is 14.3 Å². The van der Waals surface area contributed by atoms with Gasteiger partial charge in [-0.2, -0.15) is 0 Å². The average Bonchev–Trinajstić information content (AvgIpc) is 3.79. The second-order valence-electron chi connectivity index (χ2n) is 12.9. The minimum Gasteiger partial charge on any atom is -0.508 e. The van der Waals surface area contributed by atoms with E-state index in [1.807, 2.05) is 88.3 Å². The normalized spacial score (nSPS) is 14.6. The summed E-state index contributed by atoms with van der Waals surface area (Å²) in [7, 11) is 0. The standard InChI is InChI=1S/C42H32N4O5.ClH/c1-26-19-27-7-2-3-8-29(27)24-45(26)41(48)34-23-40-39(50-25-51-40)22-33(34)38-21-35(37-10-4-5-18-44(37)38)42(49)46(30-11-14-32(47)15-12-30)31-13-16-36-28(20-31)9-6-17-43-36;/h2-18,20-23,26,47H,19,24-25H2,1H3;1H/t26-;/m1./s1. The van der Waals surface area contributed by atoms with Crippen LogP contribution in [0.1, 0.15) is 38.8 Å². The van der Waals surface area contributed by atoms with E-state index in [1.165, 1.54) is 5.56 Å². The molecule has 4 aromatic carbocycles. The van der Waals surface area contributed by atoms with E-state index >= 15 is 0 Å². The van der Waals surface area contributed by atoms with Gasteiger partial charge in [-0.15, -0.1) is 12.4 Å². The summed E-state index contributed by atoms with van der Waals surface area (Å²) >= 11 is 0. The Hall–Kier alpha value is -6.32. The third-order valence-corrected chi connectivity index (χ3v) is 9.85. The van der Waals surface area contributed by atoms with Crippen LogP contribution < -0.4 is 14.4 Å². The largest absolute Gasteiger partial charge is 0.508 e. The molecule has 0 saturated carbocycles. The summed E-state index contributed by atoms with van der Waals surface area (Å²) in [6.07, 6.45) is 4.39. The van der Waals surface area contributed by atoms with Crippen LogP contribution in [-0.2, 0) is 13.0 Å². The molecule has 7 aromatic rings. The number of carbonyl (C=O) groups is 2. The van der Waals surface area contributed by atoms with Crippen LogP contribution >= 0.6 is 12.4 Å². The van der Waals surface area contributed by atoms with Crippen LogP contribution in [0.3, 0.4) is 0 Å². The molecular weight excluding hydrogens is 676 g/mol. The smallest absolute Gasteiger partial charge is 0.265 e. The summed E-state index contributed by atoms with van der Waals surface area (Å²) in [5.41, 5.74) is 7.26. The van der Waals surface area contributed by atoms with Crippen molar-refractivity contribution in [2.75, 3.05) is 11.7 Å². The predicted molar refractivity (Wildman–Crippen MR) is 202 cm³/mol. The second kappa shape index (κ2) is 13.1. The summed E-state index contributed by atoms with van der Waals surface area (Å²) in [6, 6.07) is 35.4. The molecule has 1 atom stereocenters. The first-order valence-electron chi connectivity index (χ1n) is 16.8. The lowest BCUT2D eigenvalue weighted by Crippen LogP contribution is -2.42. The van der Waals surface area contributed by atoms with Crippen LogP contribution in [0.4, 0.5) is 11.4 Å². The maximum absolute atomic E-state index is 15.0. The van der Waals surface area contributed by atoms with Gasteiger partial charge in [-0.3, -0.25) is 19.5 Å². The summed E-state index contributed by atoms with van der Waals surface area (Å²) in [5, 5.41) is 11.0. The Labute approximate surface area is 305 Å². The van der Waals surface area contributed by atoms with Crippen LogP contribution in [0, 0.1) is 0 Å². The van der Waals surface area contributed by atoms with Crippen LogP contribution in [0.2, 0.25) is 0 Å². The van der Waals surface area contributed by atoms with Crippen molar-refractivity contribution in [3.63, 3.8) is 0 Å². The number of hydrogen-bond acceptors (Lipinski definition) is 6. The van der Waals surface area contributed by atoms with E-state index in [1.54, 1.807) is 41.4 Å². The Kier molecular flexibility index (Phi) is 8.28. The van der Waals surface area contributed by atoms with Crippen LogP contribution in [-0.4, -0.2) is 44.0 Å². The molecule has 52 heavy (non-hydrogen) atoms. The van der Waals surface area contributed by atoms with E-state index in [0.29, 0.717) is 57.3 Å². The molecule has 9 rings (SSSR count). The second-order valence-corrected chi connectivity index (χ2v) is 12.9. The van der Waals surface area contributed by atoms with E-state index in [2.05, 4.69) is 24.0 Å². The highest BCUT2D eigenvalue weighted by Gasteiger charge is 2.32. The number of ether oxygens (including phenoxy) is 2. The number of benzene rings is 4. The first-order valence-corrected chi connectivity index (χ1v) is 16.8. The number of fused-ring (bicyclic) bond motifs is 4. The van der Waals surface area contributed by atoms with Crippen molar-refractivity contribution >= 4 is 52.0 Å². The lowest BCUT2D eigenvalue weighted by molar-refractivity contribution is 0.0658. The van der Waals surface area contributed by atoms with Crippen molar-refractivity contribution < 1.29 is 24.2 Å². The summed E-state index contributed by atoms with van der Waals surface area (Å²) in [5.74, 6) is 0.728. The molecule has 0 spiro atoms. The number of pyridine rings is 2. The summed E-state index contributed by atoms with van der Waals surface area (Å²) in [6.45, 7) is 2.62. The van der Waals surface area contributed by atoms with Crippen molar-refractivity contribution in [1.29, 1.82) is 0 Å². The Balaban J connectivity index is 0.00000387. The van der Waals surface area contributed by atoms with Crippen molar-refractivity contribution in [3.05, 3.63) is 150 Å². The molecule has 2 aliphatic heterocycles. The zero-order valence-electron chi connectivity index (χ0n) is 28.1. The number of nitrogens with zero attached hydrogens (tertiary/aromatic N) is 4. The van der Waals surface area contributed by atoms with Crippen LogP contribution in [0.25, 0.3) is 27.7 Å². The van der Waals surface area contributed by atoms with Gasteiger partial charge in [-0.05, 0) is 103 Å². The average molecular weight is 709 g/mol. The van der Waals surface area contributed by atoms with E-state index < -0.39 is 0 Å². The van der Waals surface area contributed by atoms with Crippen molar-refractivity contribution in [3.8, 4) is 28.5 Å². The van der Waals surface area contributed by atoms with Gasteiger partial charge < -0.3 is 23.9 Å². The molecule has 0 radical (unpaired) electrons. The molecule has 0 unspecified atom stereocenters. The number of phenols is 1. The number of hydrogen-bond donors (Lipinski definition) is 1. The van der Waals surface area contributed by atoms with Gasteiger partial charge in [-0.1, -0.05) is 36.4 Å². The van der Waals surface area contributed by atoms with Gasteiger partial charge >= 0.3 is 0 Å². The summed E-state index contributed by atoms with van der Waals surface area (Å²) in [4.78, 5) is 37.6. The Morgan fingerprint density at radius 2 is 1.56 bits per heavy atom. The van der Waals surface area contributed by atoms with Crippen molar-refractivity contribution in [2.24, 2.45) is 0 Å². The third kappa shape index (κ3) is 5.56. The van der Waals surface area contributed by atoms with E-state index in [-0.39, 0.29) is 42.8 Å². The molecule has 1 N–H and O–H groups in total. The number of anilines is 2. The first kappa shape index (κ1) is 32.9. The molecule has 0 bridgehead atoms. The number of carbonyl (C=O) groups excluding carboxylic acids is 2. The first-order chi connectivity index (χ1) is 24.9. The molecule has 2 aliphatic rings. The number of aromatic nitrogens is 2. The highest BCUT2D eigenvalue weighted by atomic mass is 35.5. The third-order valence-electron chi connectivity index (χ3n) is 9.85. The van der Waals surface area contributed by atoms with Crippen LogP contribution in [0.5, 0.6) is 17.2 Å². The fraction of sp³-hybridized carbons (Fsp3) is 0.119. The Morgan fingerprint density at radius 1 is 0.808 bits per heavy atom. The predicted octanol–water partition coefficient (Wildman–Crippen LogP) is 8.58. The molecular formula is C42H33ClN4O5. The highest BCUT2D eigenvalue weighted by molar-refractivity contribution is 6.16. The lowest BCUT2D eigenvalue weighted by Gasteiger charge is -2.35. The lowest BCUT2D eigenvalue weighted by atomic mass is 9.93. The van der Waals surface area contributed by atoms with Gasteiger partial charge in [-0.25, -0.2) is 0 Å². The minimum absolute atomic E-state index is 0. The molecule has 0 fully saturated rings. The SMILES string of the molecule is C[C@@H]1Cc2ccccc2CN1C(=O)c1cc2c(cc1-c1cc(C(=O)N(c3ccc(O)cc3)c3ccc4ncccc4c3)c3ccccn13)OCO2.Cl. The van der Waals surface area contributed by atoms with Crippen LogP contribution in [0.15, 0.2) is 128 Å². The number of halogens is 1. The van der Waals surface area contributed by atoms with Gasteiger partial charge in [0.2, 0.25) is 6.79 Å². The Bertz CT molecular complexity index is 2510. The van der Waals surface area contributed by atoms with Crippen molar-refractivity contribution in [2.45, 2.75) is 25.9 Å². The number of aromatic hydroxyl groups is 1. The maximum Gasteiger partial charge on any atom is 0.265 e. The minimum atomic E-state index is -0.284. The van der Waals surface area contributed by atoms with E-state index in [0.717, 1.165) is 22.9 Å². The maximum atomic E-state index is 15.0. The van der Waals surface area contributed by atoms with Gasteiger partial charge in [0.05, 0.1) is 27.9 Å². The molecule has 0 saturated heterocycles. The number of rotatable bonds is 5. The fourth-order valence-corrected chi connectivity index (χ4v) is 7.28. The number of phenolic OH excluding ortho intramolecular Hbond substituents is 1. The van der Waals surface area contributed by atoms with Gasteiger partial charge in [0, 0.05) is 47.3 Å². The monoisotopic (exact) mass is 708 g/mol. The molecule has 0 aliphatic carbocycles. The highest BCUT2D eigenvalue weighted by Crippen LogP contribution is 2.42. The van der Waals surface area contributed by atoms with Gasteiger partial charge in [0.15, 0.2) is 11.5 Å². The van der Waals surface area contributed by atoms with E-state index in [4.69, 9.17) is 9.47 Å². The van der Waals surface area contributed by atoms with E-state index in [9.17, 15) is 14.7 Å². The Morgan fingerprint density at radius 3 is 2.38 bits per heavy atom. The molecule has 10 heteroatoms. The van der Waals surface area contributed by atoms with Gasteiger partial charge in [0.1, 0.15) is 5.75 Å². The summed E-state index contributed by atoms with van der Waals surface area (Å²) < 4.78 is 13.5. The molecule has 5 heterocycles. The van der Waals surface area contributed by atoms with Gasteiger partial charge in [0.25, 0.3) is 11.8 Å². The quantitative estimate of drug-likeness (QED) is 0.193. The number of amides is 2. The zero-order chi connectivity index (χ0) is 34.6. The molecule has 3 aromatic heterocycles. The molecule has 258 valence electrons. The molecule has 9 nitrogen and oxygen atoms in total. The topological polar surface area (TPSA) is 96.6 Å². The zero-order valence-corrected chi connectivity index (χ0v) is 28.9. The fourth-order valence-electron chi connectivity index (χ4n) is 7.28.